The van der Waals surface area contributed by atoms with Gasteiger partial charge in [0.2, 0.25) is 0 Å². The van der Waals surface area contributed by atoms with Crippen molar-refractivity contribution in [3.63, 3.8) is 0 Å². The number of carbonyl (C=O) groups is 1. The van der Waals surface area contributed by atoms with E-state index in [9.17, 15) is 9.59 Å². The van der Waals surface area contributed by atoms with Crippen molar-refractivity contribution < 1.29 is 13.9 Å². The fourth-order valence-corrected chi connectivity index (χ4v) is 1.69. The third-order valence-corrected chi connectivity index (χ3v) is 2.38. The van der Waals surface area contributed by atoms with E-state index in [4.69, 9.17) is 14.7 Å². The van der Waals surface area contributed by atoms with Gasteiger partial charge in [0, 0.05) is 23.1 Å². The largest absolute Gasteiger partial charge is 0.422 e. The molecule has 0 saturated carbocycles. The van der Waals surface area contributed by atoms with Crippen LogP contribution in [0.1, 0.15) is 5.56 Å². The fourth-order valence-electron chi connectivity index (χ4n) is 1.69. The number of rotatable bonds is 1. The lowest BCUT2D eigenvalue weighted by Crippen LogP contribution is -2.08. The highest BCUT2D eigenvalue weighted by Gasteiger charge is 2.12. The van der Waals surface area contributed by atoms with Gasteiger partial charge in [0.25, 0.3) is 0 Å². The summed E-state index contributed by atoms with van der Waals surface area (Å²) in [6.45, 7) is 1.74. The molecule has 8 heteroatoms. The molecule has 0 aliphatic carbocycles. The van der Waals surface area contributed by atoms with E-state index >= 15 is 0 Å². The minimum Gasteiger partial charge on any atom is -0.422 e. The monoisotopic (exact) mass is 248 g/mol. The van der Waals surface area contributed by atoms with E-state index in [1.54, 1.807) is 20.0 Å². The van der Waals surface area contributed by atoms with Crippen LogP contribution in [-0.2, 0) is 7.05 Å². The molecule has 2 rings (SSSR count). The standard InChI is InChI=1S/C10H8N4O4/c1-5-3-6(17-9(15)12-13-11)4-7-8(5)14(2)10(16)18-7/h3-4H,1-2H3. The highest BCUT2D eigenvalue weighted by atomic mass is 16.6. The number of azide groups is 1. The summed E-state index contributed by atoms with van der Waals surface area (Å²) in [7, 11) is 1.58. The number of fused-ring (bicyclic) bond motifs is 1. The van der Waals surface area contributed by atoms with Crippen LogP contribution in [0.3, 0.4) is 0 Å². The Bertz CT molecular complexity index is 736. The van der Waals surface area contributed by atoms with Crippen LogP contribution < -0.4 is 10.5 Å². The number of amides is 1. The first-order valence-corrected chi connectivity index (χ1v) is 4.90. The summed E-state index contributed by atoms with van der Waals surface area (Å²) in [4.78, 5) is 24.6. The first-order valence-electron chi connectivity index (χ1n) is 4.90. The van der Waals surface area contributed by atoms with Gasteiger partial charge in [-0.15, -0.1) is 0 Å². The molecule has 0 atom stereocenters. The molecule has 0 radical (unpaired) electrons. The SMILES string of the molecule is Cc1cc(OC(=O)N=[N+]=[N-])cc2oc(=O)n(C)c12. The van der Waals surface area contributed by atoms with Gasteiger partial charge in [-0.05, 0) is 24.1 Å². The molecule has 1 aromatic carbocycles. The summed E-state index contributed by atoms with van der Waals surface area (Å²) in [6, 6.07) is 2.93. The Hall–Kier alpha value is -2.73. The Morgan fingerprint density at radius 1 is 1.56 bits per heavy atom. The molecule has 0 aliphatic rings. The van der Waals surface area contributed by atoms with Crippen molar-refractivity contribution in [1.29, 1.82) is 0 Å². The molecular formula is C10H8N4O4. The van der Waals surface area contributed by atoms with E-state index in [1.807, 2.05) is 0 Å². The second-order valence-corrected chi connectivity index (χ2v) is 3.57. The van der Waals surface area contributed by atoms with Gasteiger partial charge in [0.1, 0.15) is 5.75 Å². The minimum absolute atomic E-state index is 0.145. The molecule has 0 N–H and O–H groups in total. The normalized spacial score (nSPS) is 10.1. The van der Waals surface area contributed by atoms with Crippen molar-refractivity contribution in [2.75, 3.05) is 0 Å². The van der Waals surface area contributed by atoms with E-state index in [2.05, 4.69) is 10.0 Å². The Balaban J connectivity index is 2.53. The van der Waals surface area contributed by atoms with E-state index in [0.29, 0.717) is 16.7 Å². The summed E-state index contributed by atoms with van der Waals surface area (Å²) in [6.07, 6.45) is -1.07. The van der Waals surface area contributed by atoms with Crippen molar-refractivity contribution in [1.82, 2.24) is 4.57 Å². The Morgan fingerprint density at radius 2 is 2.28 bits per heavy atom. The first kappa shape index (κ1) is 11.7. The fraction of sp³-hybridized carbons (Fsp3) is 0.200. The molecule has 0 unspecified atom stereocenters. The molecule has 0 spiro atoms. The maximum absolute atomic E-state index is 11.3. The first-order chi connectivity index (χ1) is 8.52. The molecule has 0 fully saturated rings. The highest BCUT2D eigenvalue weighted by Crippen LogP contribution is 2.24. The summed E-state index contributed by atoms with van der Waals surface area (Å²) in [5, 5.41) is 2.77. The second kappa shape index (κ2) is 4.27. The molecule has 0 bridgehead atoms. The van der Waals surface area contributed by atoms with E-state index in [1.165, 1.54) is 10.6 Å². The average molecular weight is 248 g/mol. The number of hydrogen-bond acceptors (Lipinski definition) is 4. The van der Waals surface area contributed by atoms with Crippen LogP contribution in [0.2, 0.25) is 0 Å². The molecule has 8 nitrogen and oxygen atoms in total. The molecule has 1 amide bonds. The molecule has 2 aromatic rings. The van der Waals surface area contributed by atoms with Crippen molar-refractivity contribution in [3.8, 4) is 5.75 Å². The van der Waals surface area contributed by atoms with Crippen molar-refractivity contribution in [2.24, 2.45) is 12.2 Å². The topological polar surface area (TPSA) is 110 Å². The third kappa shape index (κ3) is 1.92. The Morgan fingerprint density at radius 3 is 2.94 bits per heavy atom. The van der Waals surface area contributed by atoms with Crippen LogP contribution in [0.4, 0.5) is 4.79 Å². The van der Waals surface area contributed by atoms with Gasteiger partial charge in [0.15, 0.2) is 5.58 Å². The van der Waals surface area contributed by atoms with E-state index < -0.39 is 11.8 Å². The number of benzene rings is 1. The van der Waals surface area contributed by atoms with Gasteiger partial charge in [-0.1, -0.05) is 0 Å². The van der Waals surface area contributed by atoms with Crippen LogP contribution in [0.25, 0.3) is 21.5 Å². The van der Waals surface area contributed by atoms with Gasteiger partial charge >= 0.3 is 11.8 Å². The van der Waals surface area contributed by atoms with Crippen molar-refractivity contribution in [2.45, 2.75) is 6.92 Å². The number of nitrogens with zero attached hydrogens (tertiary/aromatic N) is 4. The highest BCUT2D eigenvalue weighted by molar-refractivity contribution is 5.80. The van der Waals surface area contributed by atoms with Gasteiger partial charge in [0.05, 0.1) is 5.52 Å². The lowest BCUT2D eigenvalue weighted by Gasteiger charge is -2.03. The maximum atomic E-state index is 11.3. The van der Waals surface area contributed by atoms with E-state index in [-0.39, 0.29) is 5.75 Å². The third-order valence-electron chi connectivity index (χ3n) is 2.38. The Kier molecular flexibility index (Phi) is 2.78. The number of aromatic nitrogens is 1. The summed E-state index contributed by atoms with van der Waals surface area (Å²) in [5.41, 5.74) is 9.69. The maximum Gasteiger partial charge on any atom is 0.419 e. The molecule has 1 aromatic heterocycles. The number of aryl methyl sites for hydroxylation is 2. The molecule has 92 valence electrons. The number of carbonyl (C=O) groups excluding carboxylic acids is 1. The van der Waals surface area contributed by atoms with Gasteiger partial charge in [-0.25, -0.2) is 9.59 Å². The summed E-state index contributed by atoms with van der Waals surface area (Å²) >= 11 is 0. The quantitative estimate of drug-likeness (QED) is 0.437. The zero-order valence-corrected chi connectivity index (χ0v) is 9.58. The number of oxazole rings is 1. The molecule has 1 heterocycles. The zero-order valence-electron chi connectivity index (χ0n) is 9.58. The molecule has 0 saturated heterocycles. The minimum atomic E-state index is -1.07. The van der Waals surface area contributed by atoms with Crippen molar-refractivity contribution >= 4 is 17.2 Å². The van der Waals surface area contributed by atoms with Crippen LogP contribution in [0, 0.1) is 6.92 Å². The van der Waals surface area contributed by atoms with Crippen LogP contribution >= 0.6 is 0 Å². The van der Waals surface area contributed by atoms with E-state index in [0.717, 1.165) is 0 Å². The smallest absolute Gasteiger partial charge is 0.419 e. The van der Waals surface area contributed by atoms with Crippen LogP contribution in [0.5, 0.6) is 5.75 Å². The van der Waals surface area contributed by atoms with Crippen LogP contribution in [-0.4, -0.2) is 10.7 Å². The number of hydrogen-bond donors (Lipinski definition) is 0. The summed E-state index contributed by atoms with van der Waals surface area (Å²) in [5.74, 6) is -0.363. The van der Waals surface area contributed by atoms with Gasteiger partial charge in [-0.3, -0.25) is 4.57 Å². The van der Waals surface area contributed by atoms with Gasteiger partial charge in [-0.2, -0.15) is 0 Å². The second-order valence-electron chi connectivity index (χ2n) is 3.57. The Labute approximate surface area is 100 Å². The average Bonchev–Trinajstić information content (AvgIpc) is 2.55. The van der Waals surface area contributed by atoms with Crippen LogP contribution in [0.15, 0.2) is 26.5 Å². The van der Waals surface area contributed by atoms with Crippen molar-refractivity contribution in [3.05, 3.63) is 38.7 Å². The number of ether oxygens (including phenoxy) is 1. The molecule has 0 aliphatic heterocycles. The zero-order chi connectivity index (χ0) is 13.3. The molecule has 18 heavy (non-hydrogen) atoms. The predicted octanol–water partition coefficient (Wildman–Crippen LogP) is 2.25. The molecular weight excluding hydrogens is 240 g/mol. The predicted molar refractivity (Wildman–Crippen MR) is 61.4 cm³/mol. The lowest BCUT2D eigenvalue weighted by molar-refractivity contribution is 0.211. The lowest BCUT2D eigenvalue weighted by atomic mass is 10.2. The summed E-state index contributed by atoms with van der Waals surface area (Å²) < 4.78 is 11.1. The van der Waals surface area contributed by atoms with Gasteiger partial charge < -0.3 is 9.15 Å².